The van der Waals surface area contributed by atoms with Crippen LogP contribution in [-0.2, 0) is 17.7 Å². The Hall–Kier alpha value is -1.16. The van der Waals surface area contributed by atoms with E-state index in [0.29, 0.717) is 0 Å². The molecule has 10 nitrogen and oxygen atoms in total. The van der Waals surface area contributed by atoms with Crippen LogP contribution in [-0.4, -0.2) is 67.8 Å². The lowest BCUT2D eigenvalue weighted by Gasteiger charge is -2.51. The first-order chi connectivity index (χ1) is 14.9. The third kappa shape index (κ3) is 4.21. The van der Waals surface area contributed by atoms with Crippen molar-refractivity contribution in [1.29, 1.82) is 0 Å². The van der Waals surface area contributed by atoms with Crippen LogP contribution in [0.1, 0.15) is 72.2 Å². The van der Waals surface area contributed by atoms with Gasteiger partial charge in [-0.05, 0) is 22.2 Å². The molecule has 2 aliphatic heterocycles. The maximum absolute atomic E-state index is 11.4. The molecule has 3 rings (SSSR count). The van der Waals surface area contributed by atoms with E-state index in [2.05, 4.69) is 65.5 Å². The topological polar surface area (TPSA) is 131 Å². The molecule has 0 aromatic carbocycles. The molecule has 3 N–H and O–H groups in total. The van der Waals surface area contributed by atoms with Crippen LogP contribution in [0.25, 0.3) is 0 Å². The van der Waals surface area contributed by atoms with Gasteiger partial charge in [-0.1, -0.05) is 55.4 Å². The molecule has 2 fully saturated rings. The predicted molar refractivity (Wildman–Crippen MR) is 122 cm³/mol. The highest BCUT2D eigenvalue weighted by Gasteiger charge is 2.61. The number of rotatable bonds is 6. The zero-order valence-electron chi connectivity index (χ0n) is 20.3. The van der Waals surface area contributed by atoms with Crippen LogP contribution in [0.15, 0.2) is 6.33 Å². The fraction of sp³-hybridized carbons (Fsp3) is 0.850. The van der Waals surface area contributed by atoms with Crippen molar-refractivity contribution in [3.05, 3.63) is 12.2 Å². The number of aliphatic hydroxyl groups excluding tert-OH is 1. The van der Waals surface area contributed by atoms with E-state index in [0.717, 1.165) is 0 Å². The van der Waals surface area contributed by atoms with E-state index < -0.39 is 47.6 Å². The van der Waals surface area contributed by atoms with Crippen LogP contribution in [0.5, 0.6) is 0 Å². The molecule has 182 valence electrons. The second-order valence-corrected chi connectivity index (χ2v) is 18.9. The zero-order valence-corrected chi connectivity index (χ0v) is 22.3. The van der Waals surface area contributed by atoms with E-state index in [1.807, 2.05) is 0 Å². The quantitative estimate of drug-likeness (QED) is 0.587. The summed E-state index contributed by atoms with van der Waals surface area (Å²) in [7, 11) is -5.57. The van der Waals surface area contributed by atoms with Crippen molar-refractivity contribution in [3.8, 4) is 0 Å². The Kier molecular flexibility index (Phi) is 7.35. The fourth-order valence-corrected chi connectivity index (χ4v) is 16.1. The van der Waals surface area contributed by atoms with Crippen molar-refractivity contribution >= 4 is 23.0 Å². The molecular weight excluding hydrogens is 448 g/mol. The van der Waals surface area contributed by atoms with Crippen molar-refractivity contribution in [3.63, 3.8) is 0 Å². The molecule has 12 heteroatoms. The van der Waals surface area contributed by atoms with Crippen LogP contribution < -0.4 is 5.73 Å². The SMILES string of the molecule is CC(C)[Si]1(C(C)C)OC[C@@H]2O[C@@H](n3cnc(C(N)=O)n3)[C@@H](O)C2O[Si](C(C)C)(C(C)C)O1. The summed E-state index contributed by atoms with van der Waals surface area (Å²) < 4.78 is 28.1. The van der Waals surface area contributed by atoms with Gasteiger partial charge in [-0.2, -0.15) is 0 Å². The predicted octanol–water partition coefficient (Wildman–Crippen LogP) is 2.59. The van der Waals surface area contributed by atoms with Gasteiger partial charge in [-0.15, -0.1) is 5.10 Å². The molecule has 0 bridgehead atoms. The highest BCUT2D eigenvalue weighted by molar-refractivity contribution is 6.83. The summed E-state index contributed by atoms with van der Waals surface area (Å²) in [5, 5.41) is 15.3. The zero-order chi connectivity index (χ0) is 24.0. The molecule has 1 aromatic rings. The highest BCUT2D eigenvalue weighted by Crippen LogP contribution is 2.48. The highest BCUT2D eigenvalue weighted by atomic mass is 28.5. The molecule has 1 unspecified atom stereocenters. The van der Waals surface area contributed by atoms with Crippen molar-refractivity contribution in [2.75, 3.05) is 6.61 Å². The third-order valence-corrected chi connectivity index (χ3v) is 16.9. The van der Waals surface area contributed by atoms with E-state index in [9.17, 15) is 9.90 Å². The number of nitrogens with zero attached hydrogens (tertiary/aromatic N) is 3. The molecule has 1 amide bonds. The fourth-order valence-electron chi connectivity index (χ4n) is 4.87. The second-order valence-electron chi connectivity index (χ2n) is 10.0. The summed E-state index contributed by atoms with van der Waals surface area (Å²) in [4.78, 5) is 15.3. The van der Waals surface area contributed by atoms with Crippen LogP contribution in [0.4, 0.5) is 0 Å². The van der Waals surface area contributed by atoms with E-state index in [1.54, 1.807) is 0 Å². The molecule has 0 radical (unpaired) electrons. The number of carbonyl (C=O) groups excluding carboxylic acids is 1. The summed E-state index contributed by atoms with van der Waals surface area (Å²) in [6, 6.07) is 0. The van der Waals surface area contributed by atoms with Gasteiger partial charge in [0.25, 0.3) is 5.91 Å². The number of primary amides is 1. The van der Waals surface area contributed by atoms with Crippen LogP contribution >= 0.6 is 0 Å². The molecule has 2 aliphatic rings. The van der Waals surface area contributed by atoms with Crippen molar-refractivity contribution in [2.45, 2.75) is 102 Å². The number of fused-ring (bicyclic) bond motifs is 1. The molecule has 1 aromatic heterocycles. The lowest BCUT2D eigenvalue weighted by molar-refractivity contribution is -0.0631. The number of hydrogen-bond acceptors (Lipinski definition) is 8. The van der Waals surface area contributed by atoms with E-state index in [1.165, 1.54) is 11.0 Å². The van der Waals surface area contributed by atoms with Crippen molar-refractivity contribution in [2.24, 2.45) is 5.73 Å². The maximum Gasteiger partial charge on any atom is 0.335 e. The van der Waals surface area contributed by atoms with Crippen LogP contribution in [0.2, 0.25) is 22.2 Å². The molecule has 4 atom stereocenters. The van der Waals surface area contributed by atoms with E-state index >= 15 is 0 Å². The smallest absolute Gasteiger partial charge is 0.335 e. The standard InChI is InChI=1S/C20H38N4O6Si2/c1-11(2)31(12(3)4)27-9-15-17(29-32(30-31,13(5)6)14(7)8)16(25)20(28-15)24-10-22-19(23-24)18(21)26/h10-17,20,25H,9H2,1-8H3,(H2,21,26)/t15-,16-,17?,20+/m0/s1. The van der Waals surface area contributed by atoms with Gasteiger partial charge in [0.1, 0.15) is 24.6 Å². The average molecular weight is 487 g/mol. The Morgan fingerprint density at radius 3 is 2.12 bits per heavy atom. The number of hydrogen-bond donors (Lipinski definition) is 2. The number of carbonyl (C=O) groups is 1. The van der Waals surface area contributed by atoms with Gasteiger partial charge >= 0.3 is 17.1 Å². The van der Waals surface area contributed by atoms with Gasteiger partial charge in [0, 0.05) is 0 Å². The molecule has 0 spiro atoms. The summed E-state index contributed by atoms with van der Waals surface area (Å²) in [5.74, 6) is -0.879. The summed E-state index contributed by atoms with van der Waals surface area (Å²) in [5.41, 5.74) is 5.96. The Labute approximate surface area is 192 Å². The van der Waals surface area contributed by atoms with Gasteiger partial charge in [0.15, 0.2) is 6.23 Å². The van der Waals surface area contributed by atoms with Gasteiger partial charge in [-0.3, -0.25) is 4.79 Å². The van der Waals surface area contributed by atoms with Gasteiger partial charge < -0.3 is 28.5 Å². The minimum atomic E-state index is -2.87. The van der Waals surface area contributed by atoms with E-state index in [4.69, 9.17) is 23.4 Å². The van der Waals surface area contributed by atoms with Gasteiger partial charge in [0.05, 0.1) is 6.61 Å². The van der Waals surface area contributed by atoms with Crippen LogP contribution in [0.3, 0.4) is 0 Å². The number of aromatic nitrogens is 3. The minimum Gasteiger partial charge on any atom is -0.414 e. The Morgan fingerprint density at radius 1 is 1.09 bits per heavy atom. The first kappa shape index (κ1) is 25.5. The molecule has 32 heavy (non-hydrogen) atoms. The largest absolute Gasteiger partial charge is 0.414 e. The molecule has 2 saturated heterocycles. The Bertz CT molecular complexity index is 802. The Morgan fingerprint density at radius 2 is 1.66 bits per heavy atom. The van der Waals surface area contributed by atoms with Crippen LogP contribution in [0, 0.1) is 0 Å². The summed E-state index contributed by atoms with van der Waals surface area (Å²) >= 11 is 0. The second kappa shape index (κ2) is 9.24. The van der Waals surface area contributed by atoms with Crippen molar-refractivity contribution in [1.82, 2.24) is 14.8 Å². The normalized spacial score (nSPS) is 30.0. The summed E-state index contributed by atoms with van der Waals surface area (Å²) in [6.07, 6.45) is -1.72. The first-order valence-corrected chi connectivity index (χ1v) is 15.4. The average Bonchev–Trinajstić information content (AvgIpc) is 3.27. The maximum atomic E-state index is 11.4. The lowest BCUT2D eigenvalue weighted by Crippen LogP contribution is -2.65. The first-order valence-electron chi connectivity index (χ1n) is 11.4. The third-order valence-electron chi connectivity index (χ3n) is 6.63. The number of ether oxygens (including phenoxy) is 1. The van der Waals surface area contributed by atoms with Gasteiger partial charge in [-0.25, -0.2) is 9.67 Å². The van der Waals surface area contributed by atoms with Gasteiger partial charge in [0.2, 0.25) is 5.82 Å². The lowest BCUT2D eigenvalue weighted by atomic mass is 10.1. The summed E-state index contributed by atoms with van der Waals surface area (Å²) in [6.45, 7) is 17.4. The molecular formula is C20H38N4O6Si2. The molecule has 0 saturated carbocycles. The molecule has 3 heterocycles. The monoisotopic (exact) mass is 486 g/mol. The van der Waals surface area contributed by atoms with E-state index in [-0.39, 0.29) is 34.6 Å². The minimum absolute atomic E-state index is 0.133. The molecule has 0 aliphatic carbocycles. The number of nitrogens with two attached hydrogens (primary N) is 1. The number of aliphatic hydroxyl groups is 1. The van der Waals surface area contributed by atoms with Crippen molar-refractivity contribution < 1.29 is 27.6 Å². The Balaban J connectivity index is 2.03. The number of amides is 1.